The van der Waals surface area contributed by atoms with Crippen LogP contribution in [0.15, 0.2) is 0 Å². The Morgan fingerprint density at radius 3 is 2.16 bits per heavy atom. The van der Waals surface area contributed by atoms with E-state index in [2.05, 4.69) is 25.7 Å². The second-order valence-corrected chi connectivity index (χ2v) is 7.43. The SMILES string of the molecule is CC(C)(C)C1CCC(C(CN)N2CCOCC2)CC1. The van der Waals surface area contributed by atoms with Crippen LogP contribution in [0.2, 0.25) is 0 Å². The predicted octanol–water partition coefficient (Wildman–Crippen LogP) is 2.50. The van der Waals surface area contributed by atoms with Gasteiger partial charge < -0.3 is 10.5 Å². The second kappa shape index (κ2) is 6.55. The maximum atomic E-state index is 6.07. The molecule has 0 amide bonds. The molecule has 0 aromatic heterocycles. The fourth-order valence-corrected chi connectivity index (χ4v) is 3.92. The molecule has 3 heteroatoms. The highest BCUT2D eigenvalue weighted by atomic mass is 16.5. The fourth-order valence-electron chi connectivity index (χ4n) is 3.92. The maximum absolute atomic E-state index is 6.07. The van der Waals surface area contributed by atoms with Gasteiger partial charge in [0.1, 0.15) is 0 Å². The van der Waals surface area contributed by atoms with E-state index in [-0.39, 0.29) is 0 Å². The summed E-state index contributed by atoms with van der Waals surface area (Å²) in [5, 5.41) is 0. The number of hydrogen-bond acceptors (Lipinski definition) is 3. The zero-order valence-electron chi connectivity index (χ0n) is 13.0. The van der Waals surface area contributed by atoms with Gasteiger partial charge in [-0.3, -0.25) is 4.90 Å². The number of morpholine rings is 1. The summed E-state index contributed by atoms with van der Waals surface area (Å²) in [5.41, 5.74) is 6.55. The van der Waals surface area contributed by atoms with Crippen molar-refractivity contribution in [1.29, 1.82) is 0 Å². The quantitative estimate of drug-likeness (QED) is 0.854. The van der Waals surface area contributed by atoms with E-state index in [1.54, 1.807) is 0 Å². The Morgan fingerprint density at radius 2 is 1.68 bits per heavy atom. The lowest BCUT2D eigenvalue weighted by molar-refractivity contribution is -0.00512. The Kier molecular flexibility index (Phi) is 5.27. The molecular weight excluding hydrogens is 236 g/mol. The molecule has 2 rings (SSSR count). The normalized spacial score (nSPS) is 32.2. The molecule has 1 saturated carbocycles. The first-order valence-electron chi connectivity index (χ1n) is 8.04. The third kappa shape index (κ3) is 3.93. The Morgan fingerprint density at radius 1 is 1.11 bits per heavy atom. The number of nitrogens with two attached hydrogens (primary N) is 1. The lowest BCUT2D eigenvalue weighted by atomic mass is 9.68. The van der Waals surface area contributed by atoms with Gasteiger partial charge in [-0.2, -0.15) is 0 Å². The molecule has 112 valence electrons. The summed E-state index contributed by atoms with van der Waals surface area (Å²) in [6, 6.07) is 0.588. The van der Waals surface area contributed by atoms with Gasteiger partial charge >= 0.3 is 0 Å². The zero-order chi connectivity index (χ0) is 13.9. The molecule has 0 aromatic rings. The topological polar surface area (TPSA) is 38.5 Å². The summed E-state index contributed by atoms with van der Waals surface area (Å²) in [5.74, 6) is 1.70. The van der Waals surface area contributed by atoms with E-state index in [4.69, 9.17) is 10.5 Å². The second-order valence-electron chi connectivity index (χ2n) is 7.43. The van der Waals surface area contributed by atoms with Gasteiger partial charge in [-0.25, -0.2) is 0 Å². The van der Waals surface area contributed by atoms with Crippen LogP contribution in [0.3, 0.4) is 0 Å². The molecule has 2 fully saturated rings. The van der Waals surface area contributed by atoms with Gasteiger partial charge in [0.25, 0.3) is 0 Å². The minimum absolute atomic E-state index is 0.474. The van der Waals surface area contributed by atoms with Gasteiger partial charge in [-0.05, 0) is 42.9 Å². The molecule has 1 aliphatic carbocycles. The van der Waals surface area contributed by atoms with E-state index < -0.39 is 0 Å². The van der Waals surface area contributed by atoms with Crippen LogP contribution in [-0.2, 0) is 4.74 Å². The van der Waals surface area contributed by atoms with E-state index in [0.29, 0.717) is 11.5 Å². The molecular formula is C16H32N2O. The predicted molar refractivity (Wildman–Crippen MR) is 80.1 cm³/mol. The summed E-state index contributed by atoms with van der Waals surface area (Å²) in [7, 11) is 0. The highest BCUT2D eigenvalue weighted by Gasteiger charge is 2.34. The molecule has 0 spiro atoms. The number of nitrogens with zero attached hydrogens (tertiary/aromatic N) is 1. The van der Waals surface area contributed by atoms with E-state index in [1.807, 2.05) is 0 Å². The van der Waals surface area contributed by atoms with E-state index in [9.17, 15) is 0 Å². The zero-order valence-corrected chi connectivity index (χ0v) is 13.0. The van der Waals surface area contributed by atoms with Gasteiger partial charge in [-0.15, -0.1) is 0 Å². The molecule has 1 unspecified atom stereocenters. The van der Waals surface area contributed by atoms with Crippen LogP contribution in [0, 0.1) is 17.3 Å². The molecule has 1 heterocycles. The summed E-state index contributed by atoms with van der Waals surface area (Å²) in [6.07, 6.45) is 5.49. The summed E-state index contributed by atoms with van der Waals surface area (Å²) in [6.45, 7) is 11.9. The van der Waals surface area contributed by atoms with Crippen LogP contribution >= 0.6 is 0 Å². The largest absolute Gasteiger partial charge is 0.379 e. The van der Waals surface area contributed by atoms with E-state index in [0.717, 1.165) is 44.7 Å². The van der Waals surface area contributed by atoms with Gasteiger partial charge in [0.15, 0.2) is 0 Å². The monoisotopic (exact) mass is 268 g/mol. The molecule has 19 heavy (non-hydrogen) atoms. The van der Waals surface area contributed by atoms with Crippen LogP contribution in [0.25, 0.3) is 0 Å². The smallest absolute Gasteiger partial charge is 0.0594 e. The first-order chi connectivity index (χ1) is 9.02. The minimum atomic E-state index is 0.474. The third-order valence-electron chi connectivity index (χ3n) is 5.30. The van der Waals surface area contributed by atoms with E-state index in [1.165, 1.54) is 25.7 Å². The van der Waals surface area contributed by atoms with E-state index >= 15 is 0 Å². The lowest BCUT2D eigenvalue weighted by Gasteiger charge is -2.43. The van der Waals surface area contributed by atoms with Crippen LogP contribution in [0.4, 0.5) is 0 Å². The first-order valence-corrected chi connectivity index (χ1v) is 8.04. The minimum Gasteiger partial charge on any atom is -0.379 e. The molecule has 1 saturated heterocycles. The fraction of sp³-hybridized carbons (Fsp3) is 1.00. The Balaban J connectivity index is 1.87. The first kappa shape index (κ1) is 15.3. The molecule has 2 aliphatic rings. The Hall–Kier alpha value is -0.120. The molecule has 0 aromatic carbocycles. The average Bonchev–Trinajstić information content (AvgIpc) is 2.40. The molecule has 1 atom stereocenters. The molecule has 0 radical (unpaired) electrons. The summed E-state index contributed by atoms with van der Waals surface area (Å²) < 4.78 is 5.46. The summed E-state index contributed by atoms with van der Waals surface area (Å²) in [4.78, 5) is 2.57. The highest BCUT2D eigenvalue weighted by molar-refractivity contribution is 4.88. The molecule has 1 aliphatic heterocycles. The molecule has 3 nitrogen and oxygen atoms in total. The molecule has 2 N–H and O–H groups in total. The average molecular weight is 268 g/mol. The number of ether oxygens (including phenoxy) is 1. The van der Waals surface area contributed by atoms with Crippen LogP contribution in [0.1, 0.15) is 46.5 Å². The van der Waals surface area contributed by atoms with Crippen molar-refractivity contribution in [2.24, 2.45) is 23.0 Å². The Labute approximate surface area is 118 Å². The third-order valence-corrected chi connectivity index (χ3v) is 5.30. The van der Waals surface area contributed by atoms with Gasteiger partial charge in [-0.1, -0.05) is 20.8 Å². The van der Waals surface area contributed by atoms with Crippen molar-refractivity contribution >= 4 is 0 Å². The lowest BCUT2D eigenvalue weighted by Crippen LogP contribution is -2.51. The molecule has 0 bridgehead atoms. The van der Waals surface area contributed by atoms with Gasteiger partial charge in [0, 0.05) is 25.7 Å². The van der Waals surface area contributed by atoms with Crippen molar-refractivity contribution in [2.75, 3.05) is 32.8 Å². The van der Waals surface area contributed by atoms with Crippen molar-refractivity contribution in [2.45, 2.75) is 52.5 Å². The Bertz CT molecular complexity index is 260. The van der Waals surface area contributed by atoms with Crippen LogP contribution in [0.5, 0.6) is 0 Å². The maximum Gasteiger partial charge on any atom is 0.0594 e. The summed E-state index contributed by atoms with van der Waals surface area (Å²) >= 11 is 0. The van der Waals surface area contributed by atoms with Crippen LogP contribution < -0.4 is 5.73 Å². The number of hydrogen-bond donors (Lipinski definition) is 1. The van der Waals surface area contributed by atoms with Crippen molar-refractivity contribution in [3.8, 4) is 0 Å². The van der Waals surface area contributed by atoms with Crippen molar-refractivity contribution < 1.29 is 4.74 Å². The van der Waals surface area contributed by atoms with Crippen molar-refractivity contribution in [1.82, 2.24) is 4.90 Å². The highest BCUT2D eigenvalue weighted by Crippen LogP contribution is 2.41. The number of rotatable bonds is 3. The van der Waals surface area contributed by atoms with Gasteiger partial charge in [0.05, 0.1) is 13.2 Å². The standard InChI is InChI=1S/C16H32N2O/c1-16(2,3)14-6-4-13(5-7-14)15(12-17)18-8-10-19-11-9-18/h13-15H,4-12,17H2,1-3H3. The van der Waals surface area contributed by atoms with Gasteiger partial charge in [0.2, 0.25) is 0 Å². The van der Waals surface area contributed by atoms with Crippen LogP contribution in [-0.4, -0.2) is 43.8 Å². The van der Waals surface area contributed by atoms with Crippen molar-refractivity contribution in [3.05, 3.63) is 0 Å². The van der Waals surface area contributed by atoms with Crippen molar-refractivity contribution in [3.63, 3.8) is 0 Å².